The molecule has 1 aromatic heterocycles. The third-order valence-electron chi connectivity index (χ3n) is 4.40. The summed E-state index contributed by atoms with van der Waals surface area (Å²) in [7, 11) is 0. The quantitative estimate of drug-likeness (QED) is 0.691. The number of para-hydroxylation sites is 2. The van der Waals surface area contributed by atoms with Crippen molar-refractivity contribution in [1.29, 1.82) is 0 Å². The van der Waals surface area contributed by atoms with Crippen LogP contribution in [0.4, 0.5) is 5.95 Å². The number of aromatic nitrogens is 3. The molecule has 21 heavy (non-hydrogen) atoms. The molecular formula is C15H20N4O2. The number of nitrogens with one attached hydrogen (secondary N) is 1. The molecule has 1 N–H and O–H groups in total. The molecule has 0 aliphatic heterocycles. The molecular weight excluding hydrogens is 268 g/mol. The van der Waals surface area contributed by atoms with Crippen molar-refractivity contribution in [3.8, 4) is 0 Å². The van der Waals surface area contributed by atoms with Gasteiger partial charge in [-0.1, -0.05) is 31.4 Å². The average molecular weight is 288 g/mol. The average Bonchev–Trinajstić information content (AvgIpc) is 2.53. The minimum atomic E-state index is 0.0850. The molecule has 1 saturated carbocycles. The molecule has 6 heteroatoms. The summed E-state index contributed by atoms with van der Waals surface area (Å²) in [4.78, 5) is 0.514. The first-order valence-electron chi connectivity index (χ1n) is 7.55. The molecule has 2 aromatic rings. The Balaban J connectivity index is 1.88. The molecule has 112 valence electrons. The van der Waals surface area contributed by atoms with Crippen LogP contribution < -0.4 is 14.9 Å². The maximum absolute atomic E-state index is 12.3. The number of hydrogen-bond acceptors (Lipinski definition) is 4. The lowest BCUT2D eigenvalue weighted by Gasteiger charge is -2.26. The van der Waals surface area contributed by atoms with Gasteiger partial charge in [-0.05, 0) is 31.7 Å². The summed E-state index contributed by atoms with van der Waals surface area (Å²) in [6, 6.07) is 6.83. The maximum atomic E-state index is 12.3. The number of rotatable bonds is 3. The lowest BCUT2D eigenvalue weighted by molar-refractivity contribution is -0.672. The fraction of sp³-hybridized carbons (Fsp3) is 0.533. The van der Waals surface area contributed by atoms with Gasteiger partial charge in [-0.25, -0.2) is 4.73 Å². The highest BCUT2D eigenvalue weighted by atomic mass is 16.5. The van der Waals surface area contributed by atoms with Crippen LogP contribution in [0.25, 0.3) is 11.0 Å². The van der Waals surface area contributed by atoms with Gasteiger partial charge in [-0.3, -0.25) is 5.32 Å². The predicted molar refractivity (Wildman–Crippen MR) is 79.3 cm³/mol. The topological polar surface area (TPSA) is 78.8 Å². The Hall–Kier alpha value is -2.11. The van der Waals surface area contributed by atoms with Gasteiger partial charge in [0.25, 0.3) is 5.52 Å². The van der Waals surface area contributed by atoms with Crippen LogP contribution in [0.2, 0.25) is 0 Å². The molecule has 1 aliphatic rings. The van der Waals surface area contributed by atoms with Gasteiger partial charge in [0.1, 0.15) is 0 Å². The van der Waals surface area contributed by atoms with Crippen LogP contribution in [0.15, 0.2) is 24.3 Å². The zero-order valence-electron chi connectivity index (χ0n) is 12.2. The lowest BCUT2D eigenvalue weighted by Crippen LogP contribution is -2.46. The van der Waals surface area contributed by atoms with E-state index in [1.165, 1.54) is 19.3 Å². The van der Waals surface area contributed by atoms with Crippen LogP contribution in [-0.2, 0) is 0 Å². The van der Waals surface area contributed by atoms with Gasteiger partial charge in [0.15, 0.2) is 5.52 Å². The van der Waals surface area contributed by atoms with Gasteiger partial charge in [-0.15, -0.1) is 0 Å². The molecule has 1 heterocycles. The summed E-state index contributed by atoms with van der Waals surface area (Å²) >= 11 is 0. The largest absolute Gasteiger partial charge is 0.739 e. The smallest absolute Gasteiger partial charge is 0.461 e. The van der Waals surface area contributed by atoms with E-state index in [2.05, 4.69) is 17.3 Å². The van der Waals surface area contributed by atoms with E-state index < -0.39 is 0 Å². The summed E-state index contributed by atoms with van der Waals surface area (Å²) in [6.45, 7) is 2.06. The molecule has 1 fully saturated rings. The molecule has 0 bridgehead atoms. The SMILES string of the molecule is C[C@@H](Nc1n[n+]([O-])c2ccccc2[n+]1[O-])C1CCCCC1. The van der Waals surface area contributed by atoms with Gasteiger partial charge in [0.2, 0.25) is 5.10 Å². The minimum Gasteiger partial charge on any atom is -0.739 e. The summed E-state index contributed by atoms with van der Waals surface area (Å²) in [5.41, 5.74) is 0.615. The van der Waals surface area contributed by atoms with E-state index in [9.17, 15) is 10.4 Å². The first kappa shape index (κ1) is 13.9. The van der Waals surface area contributed by atoms with Gasteiger partial charge < -0.3 is 10.4 Å². The van der Waals surface area contributed by atoms with Gasteiger partial charge in [0.05, 0.1) is 6.04 Å². The molecule has 3 rings (SSSR count). The second-order valence-electron chi connectivity index (χ2n) is 5.81. The molecule has 6 nitrogen and oxygen atoms in total. The molecule has 1 aromatic carbocycles. The zero-order valence-corrected chi connectivity index (χ0v) is 12.2. The van der Waals surface area contributed by atoms with Crippen molar-refractivity contribution < 1.29 is 9.58 Å². The second kappa shape index (κ2) is 5.71. The van der Waals surface area contributed by atoms with Crippen LogP contribution in [0, 0.1) is 16.3 Å². The summed E-state index contributed by atoms with van der Waals surface area (Å²) < 4.78 is 0.711. The minimum absolute atomic E-state index is 0.0850. The Morgan fingerprint density at radius 3 is 2.52 bits per heavy atom. The van der Waals surface area contributed by atoms with E-state index >= 15 is 0 Å². The Morgan fingerprint density at radius 1 is 1.14 bits per heavy atom. The molecule has 0 spiro atoms. The van der Waals surface area contributed by atoms with Crippen LogP contribution in [0.5, 0.6) is 0 Å². The number of fused-ring (bicyclic) bond motifs is 1. The third kappa shape index (κ3) is 2.70. The van der Waals surface area contributed by atoms with Crippen molar-refractivity contribution in [2.24, 2.45) is 5.92 Å². The van der Waals surface area contributed by atoms with Gasteiger partial charge >= 0.3 is 5.95 Å². The Kier molecular flexibility index (Phi) is 3.77. The maximum Gasteiger partial charge on any atom is 0.461 e. The third-order valence-corrected chi connectivity index (χ3v) is 4.40. The number of anilines is 1. The molecule has 1 atom stereocenters. The van der Waals surface area contributed by atoms with Crippen molar-refractivity contribution in [3.05, 3.63) is 34.7 Å². The molecule has 1 aliphatic carbocycles. The highest BCUT2D eigenvalue weighted by molar-refractivity contribution is 5.67. The number of hydrogen-bond donors (Lipinski definition) is 1. The van der Waals surface area contributed by atoms with E-state index in [1.54, 1.807) is 24.3 Å². The fourth-order valence-electron chi connectivity index (χ4n) is 3.14. The molecule has 0 amide bonds. The summed E-state index contributed by atoms with van der Waals surface area (Å²) in [6.07, 6.45) is 6.09. The normalized spacial score (nSPS) is 17.8. The van der Waals surface area contributed by atoms with E-state index in [0.717, 1.165) is 12.8 Å². The first-order chi connectivity index (χ1) is 10.2. The standard InChI is InChI=1S/C15H20N4O2/c1-11(12-7-3-2-4-8-12)16-15-17-19(21)14-10-6-5-9-13(14)18(15)20/h5-6,9-12H,2-4,7-8H2,1H3,(H,16,17)/t11-/m1/s1. The number of nitrogens with zero attached hydrogens (tertiary/aromatic N) is 3. The van der Waals surface area contributed by atoms with Crippen LogP contribution in [-0.4, -0.2) is 11.1 Å². The van der Waals surface area contributed by atoms with Gasteiger partial charge in [-0.2, -0.15) is 0 Å². The Labute approximate surface area is 123 Å². The molecule has 0 saturated heterocycles. The van der Waals surface area contributed by atoms with Crippen molar-refractivity contribution in [3.63, 3.8) is 0 Å². The Morgan fingerprint density at radius 2 is 1.81 bits per heavy atom. The highest BCUT2D eigenvalue weighted by Gasteiger charge is 2.27. The van der Waals surface area contributed by atoms with Crippen molar-refractivity contribution >= 4 is 17.0 Å². The van der Waals surface area contributed by atoms with Crippen LogP contribution >= 0.6 is 0 Å². The first-order valence-corrected chi connectivity index (χ1v) is 7.55. The highest BCUT2D eigenvalue weighted by Crippen LogP contribution is 2.27. The Bertz CT molecular complexity index is 641. The number of benzene rings is 1. The van der Waals surface area contributed by atoms with E-state index in [1.807, 2.05) is 0 Å². The fourth-order valence-corrected chi connectivity index (χ4v) is 3.14. The van der Waals surface area contributed by atoms with E-state index in [-0.39, 0.29) is 17.5 Å². The summed E-state index contributed by atoms with van der Waals surface area (Å²) in [5.74, 6) is 0.619. The van der Waals surface area contributed by atoms with E-state index in [0.29, 0.717) is 21.0 Å². The molecule has 0 unspecified atom stereocenters. The van der Waals surface area contributed by atoms with Gasteiger partial charge in [0, 0.05) is 10.9 Å². The van der Waals surface area contributed by atoms with Crippen LogP contribution in [0.1, 0.15) is 39.0 Å². The zero-order chi connectivity index (χ0) is 14.8. The van der Waals surface area contributed by atoms with E-state index in [4.69, 9.17) is 0 Å². The summed E-state index contributed by atoms with van der Waals surface area (Å²) in [5, 5.41) is 31.2. The molecule has 0 radical (unpaired) electrons. The monoisotopic (exact) mass is 288 g/mol. The van der Waals surface area contributed by atoms with Crippen molar-refractivity contribution in [2.45, 2.75) is 45.1 Å². The van der Waals surface area contributed by atoms with Crippen molar-refractivity contribution in [1.82, 2.24) is 5.10 Å². The van der Waals surface area contributed by atoms with Crippen LogP contribution in [0.3, 0.4) is 0 Å². The predicted octanol–water partition coefficient (Wildman–Crippen LogP) is 1.88. The lowest BCUT2D eigenvalue weighted by atomic mass is 9.85. The second-order valence-corrected chi connectivity index (χ2v) is 5.81. The van der Waals surface area contributed by atoms with Crippen molar-refractivity contribution in [2.75, 3.05) is 5.32 Å².